The zero-order chi connectivity index (χ0) is 10.8. The molecule has 0 heterocycles. The third-order valence-electron chi connectivity index (χ3n) is 2.04. The molecule has 0 saturated carbocycles. The fourth-order valence-corrected chi connectivity index (χ4v) is 3.01. The van der Waals surface area contributed by atoms with E-state index in [9.17, 15) is 5.11 Å². The van der Waals surface area contributed by atoms with Gasteiger partial charge < -0.3 is 5.11 Å². The van der Waals surface area contributed by atoms with Crippen LogP contribution < -0.4 is 0 Å². The molecule has 0 aliphatic rings. The van der Waals surface area contributed by atoms with Crippen molar-refractivity contribution in [1.82, 2.24) is 0 Å². The van der Waals surface area contributed by atoms with Crippen LogP contribution in [0.3, 0.4) is 0 Å². The molecular weight excluding hydrogens is 212 g/mol. The Morgan fingerprint density at radius 3 is 2.50 bits per heavy atom. The van der Waals surface area contributed by atoms with Crippen LogP contribution in [-0.2, 0) is 0 Å². The van der Waals surface area contributed by atoms with Crippen LogP contribution in [-0.4, -0.2) is 13.2 Å². The van der Waals surface area contributed by atoms with Gasteiger partial charge >= 0.3 is 0 Å². The first-order chi connectivity index (χ1) is 6.38. The van der Waals surface area contributed by atoms with Gasteiger partial charge in [-0.25, -0.2) is 0 Å². The minimum absolute atomic E-state index is 0.361. The molecule has 0 aliphatic carbocycles. The first kappa shape index (κ1) is 11.8. The highest BCUT2D eigenvalue weighted by atomic mass is 35.5. The van der Waals surface area contributed by atoms with Crippen LogP contribution in [0.2, 0.25) is 30.7 Å². The summed E-state index contributed by atoms with van der Waals surface area (Å²) in [7, 11) is -1.21. The molecule has 3 heteroatoms. The Kier molecular flexibility index (Phi) is 3.76. The molecule has 0 saturated heterocycles. The Hall–Kier alpha value is -0.313. The Labute approximate surface area is 91.7 Å². The molecule has 1 N–H and O–H groups in total. The van der Waals surface area contributed by atoms with Crippen LogP contribution in [0, 0.1) is 0 Å². The van der Waals surface area contributed by atoms with E-state index in [4.69, 9.17) is 11.6 Å². The van der Waals surface area contributed by atoms with E-state index < -0.39 is 8.07 Å². The Morgan fingerprint density at radius 2 is 2.00 bits per heavy atom. The van der Waals surface area contributed by atoms with Crippen LogP contribution in [0.4, 0.5) is 0 Å². The second kappa shape index (κ2) is 4.47. The summed E-state index contributed by atoms with van der Waals surface area (Å²) < 4.78 is 0. The molecule has 0 radical (unpaired) electrons. The van der Waals surface area contributed by atoms with Crippen molar-refractivity contribution >= 4 is 19.7 Å². The number of benzene rings is 1. The van der Waals surface area contributed by atoms with Crippen LogP contribution in [0.25, 0.3) is 0 Å². The van der Waals surface area contributed by atoms with Gasteiger partial charge in [-0.3, -0.25) is 0 Å². The lowest BCUT2D eigenvalue weighted by Gasteiger charge is -2.20. The third kappa shape index (κ3) is 3.82. The number of hydrogen-bond donors (Lipinski definition) is 1. The van der Waals surface area contributed by atoms with E-state index in [1.807, 2.05) is 24.3 Å². The predicted molar refractivity (Wildman–Crippen MR) is 64.6 cm³/mol. The molecule has 14 heavy (non-hydrogen) atoms. The van der Waals surface area contributed by atoms with Crippen molar-refractivity contribution in [3.63, 3.8) is 0 Å². The van der Waals surface area contributed by atoms with Crippen molar-refractivity contribution in [2.75, 3.05) is 0 Å². The average molecular weight is 229 g/mol. The van der Waals surface area contributed by atoms with E-state index in [1.165, 1.54) is 0 Å². The van der Waals surface area contributed by atoms with Crippen molar-refractivity contribution < 1.29 is 5.11 Å². The van der Waals surface area contributed by atoms with Gasteiger partial charge in [0.2, 0.25) is 0 Å². The number of rotatable bonds is 3. The highest BCUT2D eigenvalue weighted by molar-refractivity contribution is 6.76. The Balaban J connectivity index is 2.74. The maximum atomic E-state index is 9.96. The SMILES string of the molecule is C[Si](C)(C)CC(O)c1cccc(Cl)c1. The molecule has 0 bridgehead atoms. The van der Waals surface area contributed by atoms with Crippen molar-refractivity contribution in [1.29, 1.82) is 0 Å². The summed E-state index contributed by atoms with van der Waals surface area (Å²) in [5, 5.41) is 10.6. The summed E-state index contributed by atoms with van der Waals surface area (Å²) in [5.41, 5.74) is 0.930. The Morgan fingerprint density at radius 1 is 1.36 bits per heavy atom. The summed E-state index contributed by atoms with van der Waals surface area (Å²) in [4.78, 5) is 0. The maximum Gasteiger partial charge on any atom is 0.0767 e. The number of halogens is 1. The second-order valence-electron chi connectivity index (χ2n) is 4.84. The molecule has 78 valence electrons. The highest BCUT2D eigenvalue weighted by Crippen LogP contribution is 2.25. The molecule has 0 aromatic heterocycles. The van der Waals surface area contributed by atoms with Gasteiger partial charge in [-0.2, -0.15) is 0 Å². The third-order valence-corrected chi connectivity index (χ3v) is 3.89. The zero-order valence-electron chi connectivity index (χ0n) is 8.92. The number of aliphatic hydroxyl groups excluding tert-OH is 1. The van der Waals surface area contributed by atoms with Crippen molar-refractivity contribution in [3.05, 3.63) is 34.9 Å². The van der Waals surface area contributed by atoms with Gasteiger partial charge in [0.1, 0.15) is 0 Å². The smallest absolute Gasteiger partial charge is 0.0767 e. The quantitative estimate of drug-likeness (QED) is 0.783. The lowest BCUT2D eigenvalue weighted by Crippen LogP contribution is -2.22. The van der Waals surface area contributed by atoms with E-state index >= 15 is 0 Å². The predicted octanol–water partition coefficient (Wildman–Crippen LogP) is 3.71. The number of aliphatic hydroxyl groups is 1. The summed E-state index contributed by atoms with van der Waals surface area (Å²) in [6, 6.07) is 8.35. The molecule has 1 aromatic rings. The molecule has 1 aromatic carbocycles. The fraction of sp³-hybridized carbons (Fsp3) is 0.455. The van der Waals surface area contributed by atoms with Gasteiger partial charge in [-0.05, 0) is 23.7 Å². The van der Waals surface area contributed by atoms with Gasteiger partial charge in [0.15, 0.2) is 0 Å². The second-order valence-corrected chi connectivity index (χ2v) is 10.8. The first-order valence-electron chi connectivity index (χ1n) is 4.82. The molecule has 0 spiro atoms. The van der Waals surface area contributed by atoms with Gasteiger partial charge in [0, 0.05) is 13.1 Å². The van der Waals surface area contributed by atoms with Crippen LogP contribution >= 0.6 is 11.6 Å². The number of hydrogen-bond acceptors (Lipinski definition) is 1. The maximum absolute atomic E-state index is 9.96. The normalized spacial score (nSPS) is 14.1. The van der Waals surface area contributed by atoms with E-state index in [0.717, 1.165) is 11.6 Å². The molecular formula is C11H17ClOSi. The molecule has 1 rings (SSSR count). The lowest BCUT2D eigenvalue weighted by molar-refractivity contribution is 0.197. The van der Waals surface area contributed by atoms with Crippen LogP contribution in [0.5, 0.6) is 0 Å². The Bertz CT molecular complexity index is 306. The summed E-state index contributed by atoms with van der Waals surface area (Å²) >= 11 is 5.86. The summed E-state index contributed by atoms with van der Waals surface area (Å²) in [5.74, 6) is 0. The van der Waals surface area contributed by atoms with Gasteiger partial charge in [0.25, 0.3) is 0 Å². The minimum atomic E-state index is -1.21. The topological polar surface area (TPSA) is 20.2 Å². The largest absolute Gasteiger partial charge is 0.389 e. The van der Waals surface area contributed by atoms with E-state index in [2.05, 4.69) is 19.6 Å². The van der Waals surface area contributed by atoms with E-state index in [1.54, 1.807) is 0 Å². The molecule has 1 nitrogen and oxygen atoms in total. The van der Waals surface area contributed by atoms with Crippen molar-refractivity contribution in [2.45, 2.75) is 31.8 Å². The first-order valence-corrected chi connectivity index (χ1v) is 8.90. The summed E-state index contributed by atoms with van der Waals surface area (Å²) in [6.07, 6.45) is -0.361. The van der Waals surface area contributed by atoms with Crippen LogP contribution in [0.15, 0.2) is 24.3 Å². The molecule has 0 aliphatic heterocycles. The van der Waals surface area contributed by atoms with E-state index in [-0.39, 0.29) is 6.10 Å². The average Bonchev–Trinajstić information content (AvgIpc) is 2.01. The zero-order valence-corrected chi connectivity index (χ0v) is 10.7. The lowest BCUT2D eigenvalue weighted by atomic mass is 10.1. The standard InChI is InChI=1S/C11H17ClOSi/c1-14(2,3)8-11(13)9-5-4-6-10(12)7-9/h4-7,11,13H,8H2,1-3H3. The fourth-order valence-electron chi connectivity index (χ4n) is 1.41. The van der Waals surface area contributed by atoms with Gasteiger partial charge in [-0.15, -0.1) is 0 Å². The molecule has 0 amide bonds. The molecule has 1 unspecified atom stereocenters. The van der Waals surface area contributed by atoms with Crippen molar-refractivity contribution in [3.8, 4) is 0 Å². The molecule has 1 atom stereocenters. The van der Waals surface area contributed by atoms with Gasteiger partial charge in [-0.1, -0.05) is 43.4 Å². The highest BCUT2D eigenvalue weighted by Gasteiger charge is 2.19. The monoisotopic (exact) mass is 228 g/mol. The summed E-state index contributed by atoms with van der Waals surface area (Å²) in [6.45, 7) is 6.75. The van der Waals surface area contributed by atoms with Crippen molar-refractivity contribution in [2.24, 2.45) is 0 Å². The van der Waals surface area contributed by atoms with E-state index in [0.29, 0.717) is 5.02 Å². The molecule has 0 fully saturated rings. The van der Waals surface area contributed by atoms with Crippen LogP contribution in [0.1, 0.15) is 11.7 Å². The van der Waals surface area contributed by atoms with Gasteiger partial charge in [0.05, 0.1) is 6.10 Å². The minimum Gasteiger partial charge on any atom is -0.389 e.